The van der Waals surface area contributed by atoms with Crippen molar-refractivity contribution >= 4 is 22.4 Å². The number of pyridine rings is 1. The molecule has 1 aromatic carbocycles. The lowest BCUT2D eigenvalue weighted by molar-refractivity contribution is 0.0994. The smallest absolute Gasteiger partial charge is 0.293 e. The number of nitrogens with zero attached hydrogens (tertiary/aromatic N) is 2. The van der Waals surface area contributed by atoms with E-state index in [1.54, 1.807) is 48.0 Å². The molecule has 0 fully saturated rings. The second-order valence-electron chi connectivity index (χ2n) is 5.93. The Morgan fingerprint density at radius 1 is 1.14 bits per heavy atom. The van der Waals surface area contributed by atoms with Crippen molar-refractivity contribution in [2.75, 3.05) is 5.32 Å². The van der Waals surface area contributed by atoms with Crippen molar-refractivity contribution in [1.29, 1.82) is 0 Å². The monoisotopic (exact) mass is 395 g/mol. The van der Waals surface area contributed by atoms with Crippen LogP contribution in [-0.4, -0.2) is 15.5 Å². The lowest BCUT2D eigenvalue weighted by atomic mass is 10.2. The van der Waals surface area contributed by atoms with Gasteiger partial charge < -0.3 is 8.98 Å². The first kappa shape index (κ1) is 17.9. The number of furan rings is 1. The van der Waals surface area contributed by atoms with E-state index >= 15 is 0 Å². The summed E-state index contributed by atoms with van der Waals surface area (Å²) in [6.45, 7) is 0.235. The zero-order valence-corrected chi connectivity index (χ0v) is 15.3. The minimum atomic E-state index is -0.438. The van der Waals surface area contributed by atoms with E-state index in [1.165, 1.54) is 34.1 Å². The molecule has 140 valence electrons. The molecule has 0 spiro atoms. The number of halogens is 1. The summed E-state index contributed by atoms with van der Waals surface area (Å²) >= 11 is 1.26. The molecule has 1 N–H and O–H groups in total. The second-order valence-corrected chi connectivity index (χ2v) is 6.79. The molecule has 0 atom stereocenters. The van der Waals surface area contributed by atoms with E-state index < -0.39 is 5.91 Å². The fourth-order valence-corrected chi connectivity index (χ4v) is 3.30. The molecule has 8 heteroatoms. The van der Waals surface area contributed by atoms with Crippen molar-refractivity contribution in [1.82, 2.24) is 9.55 Å². The predicted molar refractivity (Wildman–Crippen MR) is 104 cm³/mol. The molecule has 28 heavy (non-hydrogen) atoms. The standard InChI is InChI=1S/C20H14FN3O3S/c21-14-6-4-13(5-7-14)16-12-28-20(22-16)23-19(26)17-9-8-15(27-17)11-24-10-2-1-3-18(24)25/h1-10,12H,11H2,(H,22,23,26). The maximum absolute atomic E-state index is 13.0. The molecule has 3 aromatic heterocycles. The van der Waals surface area contributed by atoms with E-state index in [9.17, 15) is 14.0 Å². The second kappa shape index (κ2) is 7.61. The van der Waals surface area contributed by atoms with Gasteiger partial charge in [-0.3, -0.25) is 14.9 Å². The highest BCUT2D eigenvalue weighted by Gasteiger charge is 2.14. The van der Waals surface area contributed by atoms with Gasteiger partial charge in [0, 0.05) is 23.2 Å². The molecular formula is C20H14FN3O3S. The Balaban J connectivity index is 1.44. The molecule has 1 amide bonds. The van der Waals surface area contributed by atoms with Crippen LogP contribution in [0.2, 0.25) is 0 Å². The molecule has 4 rings (SSSR count). The number of nitrogens with one attached hydrogen (secondary N) is 1. The third-order valence-electron chi connectivity index (χ3n) is 3.98. The van der Waals surface area contributed by atoms with Gasteiger partial charge in [-0.15, -0.1) is 11.3 Å². The van der Waals surface area contributed by atoms with Crippen molar-refractivity contribution in [3.8, 4) is 11.3 Å². The molecule has 0 unspecified atom stereocenters. The topological polar surface area (TPSA) is 77.1 Å². The van der Waals surface area contributed by atoms with Gasteiger partial charge in [-0.25, -0.2) is 9.37 Å². The van der Waals surface area contributed by atoms with Gasteiger partial charge in [0.2, 0.25) is 0 Å². The zero-order chi connectivity index (χ0) is 19.5. The number of amides is 1. The van der Waals surface area contributed by atoms with Crippen molar-refractivity contribution in [3.05, 3.63) is 93.9 Å². The van der Waals surface area contributed by atoms with Crippen molar-refractivity contribution < 1.29 is 13.6 Å². The fraction of sp³-hybridized carbons (Fsp3) is 0.0500. The highest BCUT2D eigenvalue weighted by molar-refractivity contribution is 7.14. The van der Waals surface area contributed by atoms with Gasteiger partial charge in [-0.2, -0.15) is 0 Å². The first-order chi connectivity index (χ1) is 13.6. The van der Waals surface area contributed by atoms with Crippen LogP contribution in [0.3, 0.4) is 0 Å². The lowest BCUT2D eigenvalue weighted by Gasteiger charge is -2.02. The number of anilines is 1. The SMILES string of the molecule is O=C(Nc1nc(-c2ccc(F)cc2)cs1)c1ccc(Cn2ccccc2=O)o1. The van der Waals surface area contributed by atoms with Crippen LogP contribution >= 0.6 is 11.3 Å². The molecule has 0 aliphatic heterocycles. The summed E-state index contributed by atoms with van der Waals surface area (Å²) in [7, 11) is 0. The van der Waals surface area contributed by atoms with E-state index in [0.29, 0.717) is 16.6 Å². The Labute approximate surface area is 162 Å². The quantitative estimate of drug-likeness (QED) is 0.554. The normalized spacial score (nSPS) is 10.8. The summed E-state index contributed by atoms with van der Waals surface area (Å²) in [6.07, 6.45) is 1.65. The van der Waals surface area contributed by atoms with Crippen LogP contribution in [0.4, 0.5) is 9.52 Å². The van der Waals surface area contributed by atoms with E-state index in [1.807, 2.05) is 0 Å². The van der Waals surface area contributed by atoms with Gasteiger partial charge in [-0.05, 0) is 42.5 Å². The molecule has 0 aliphatic rings. The summed E-state index contributed by atoms with van der Waals surface area (Å²) in [5.41, 5.74) is 1.25. The third-order valence-corrected chi connectivity index (χ3v) is 4.73. The highest BCUT2D eigenvalue weighted by atomic mass is 32.1. The van der Waals surface area contributed by atoms with Crippen LogP contribution in [-0.2, 0) is 6.54 Å². The van der Waals surface area contributed by atoms with Gasteiger partial charge in [0.1, 0.15) is 11.6 Å². The van der Waals surface area contributed by atoms with E-state index in [0.717, 1.165) is 5.56 Å². The summed E-state index contributed by atoms with van der Waals surface area (Å²) in [5.74, 6) is -0.146. The maximum Gasteiger partial charge on any atom is 0.293 e. The molecule has 0 radical (unpaired) electrons. The van der Waals surface area contributed by atoms with Crippen LogP contribution in [0.5, 0.6) is 0 Å². The van der Waals surface area contributed by atoms with Gasteiger partial charge in [0.15, 0.2) is 10.9 Å². The average Bonchev–Trinajstić information content (AvgIpc) is 3.34. The van der Waals surface area contributed by atoms with Gasteiger partial charge in [0.25, 0.3) is 11.5 Å². The molecule has 0 saturated carbocycles. The van der Waals surface area contributed by atoms with Gasteiger partial charge in [-0.1, -0.05) is 6.07 Å². The summed E-state index contributed by atoms with van der Waals surface area (Å²) in [6, 6.07) is 14.0. The molecule has 0 saturated heterocycles. The Morgan fingerprint density at radius 2 is 1.96 bits per heavy atom. The van der Waals surface area contributed by atoms with E-state index in [2.05, 4.69) is 10.3 Å². The number of aromatic nitrogens is 2. The van der Waals surface area contributed by atoms with Gasteiger partial charge >= 0.3 is 0 Å². The van der Waals surface area contributed by atoms with Crippen LogP contribution in [0.15, 0.2) is 75.4 Å². The van der Waals surface area contributed by atoms with Crippen LogP contribution in [0.1, 0.15) is 16.3 Å². The van der Waals surface area contributed by atoms with Crippen molar-refractivity contribution in [2.45, 2.75) is 6.54 Å². The Morgan fingerprint density at radius 3 is 2.75 bits per heavy atom. The summed E-state index contributed by atoms with van der Waals surface area (Å²) in [4.78, 5) is 28.5. The summed E-state index contributed by atoms with van der Waals surface area (Å²) in [5, 5.41) is 4.86. The molecule has 3 heterocycles. The largest absolute Gasteiger partial charge is 0.454 e. The van der Waals surface area contributed by atoms with Gasteiger partial charge in [0.05, 0.1) is 12.2 Å². The van der Waals surface area contributed by atoms with E-state index in [-0.39, 0.29) is 23.7 Å². The summed E-state index contributed by atoms with van der Waals surface area (Å²) < 4.78 is 20.1. The number of thiazole rings is 1. The predicted octanol–water partition coefficient (Wildman–Crippen LogP) is 4.00. The number of benzene rings is 1. The zero-order valence-electron chi connectivity index (χ0n) is 14.5. The number of rotatable bonds is 5. The molecule has 6 nitrogen and oxygen atoms in total. The number of hydrogen-bond acceptors (Lipinski definition) is 5. The first-order valence-electron chi connectivity index (χ1n) is 8.35. The minimum Gasteiger partial charge on any atom is -0.454 e. The fourth-order valence-electron chi connectivity index (χ4n) is 2.59. The number of carbonyl (C=O) groups is 1. The maximum atomic E-state index is 13.0. The first-order valence-corrected chi connectivity index (χ1v) is 9.23. The number of hydrogen-bond donors (Lipinski definition) is 1. The minimum absolute atomic E-state index is 0.123. The van der Waals surface area contributed by atoms with Crippen molar-refractivity contribution in [3.63, 3.8) is 0 Å². The Hall–Kier alpha value is -3.52. The highest BCUT2D eigenvalue weighted by Crippen LogP contribution is 2.25. The van der Waals surface area contributed by atoms with Crippen molar-refractivity contribution in [2.24, 2.45) is 0 Å². The Bertz CT molecular complexity index is 1180. The molecular weight excluding hydrogens is 381 g/mol. The van der Waals surface area contributed by atoms with Crippen LogP contribution in [0, 0.1) is 5.82 Å². The molecule has 4 aromatic rings. The Kier molecular flexibility index (Phi) is 4.86. The lowest BCUT2D eigenvalue weighted by Crippen LogP contribution is -2.18. The third kappa shape index (κ3) is 3.91. The number of carbonyl (C=O) groups excluding carboxylic acids is 1. The average molecular weight is 395 g/mol. The van der Waals surface area contributed by atoms with E-state index in [4.69, 9.17) is 4.42 Å². The molecule has 0 aliphatic carbocycles. The molecule has 0 bridgehead atoms. The van der Waals surface area contributed by atoms with Crippen LogP contribution in [0.25, 0.3) is 11.3 Å². The van der Waals surface area contributed by atoms with Crippen LogP contribution < -0.4 is 10.9 Å².